The molecule has 0 saturated heterocycles. The summed E-state index contributed by atoms with van der Waals surface area (Å²) >= 11 is 1.20. The standard InChI is InChI=1S/C23H27N5O5S/c1-4-33-18-11-7-16(8-12-18)24-20(30)14-34-23-27-26-21(28(23)2)19(13-29)25-22(31)15-5-9-17(32-3)10-6-15/h5-12,19,29H,4,13-14H2,1-3H3,(H,24,30)(H,25,31). The fourth-order valence-electron chi connectivity index (χ4n) is 3.06. The van der Waals surface area contributed by atoms with Crippen LogP contribution in [0.2, 0.25) is 0 Å². The molecule has 11 heteroatoms. The van der Waals surface area contributed by atoms with Crippen LogP contribution in [0.4, 0.5) is 5.69 Å². The first-order chi connectivity index (χ1) is 16.4. The molecule has 0 spiro atoms. The highest BCUT2D eigenvalue weighted by atomic mass is 32.2. The summed E-state index contributed by atoms with van der Waals surface area (Å²) < 4.78 is 12.1. The number of nitrogens with zero attached hydrogens (tertiary/aromatic N) is 3. The Morgan fingerprint density at radius 2 is 1.76 bits per heavy atom. The molecule has 0 aliphatic carbocycles. The first-order valence-electron chi connectivity index (χ1n) is 10.6. The number of aliphatic hydroxyl groups excluding tert-OH is 1. The Morgan fingerprint density at radius 1 is 1.09 bits per heavy atom. The molecule has 2 aromatic carbocycles. The largest absolute Gasteiger partial charge is 0.497 e. The highest BCUT2D eigenvalue weighted by molar-refractivity contribution is 7.99. The van der Waals surface area contributed by atoms with E-state index in [4.69, 9.17) is 9.47 Å². The van der Waals surface area contributed by atoms with Gasteiger partial charge in [0.15, 0.2) is 11.0 Å². The summed E-state index contributed by atoms with van der Waals surface area (Å²) in [5.41, 5.74) is 1.08. The van der Waals surface area contributed by atoms with Gasteiger partial charge in [0.1, 0.15) is 17.5 Å². The summed E-state index contributed by atoms with van der Waals surface area (Å²) in [5.74, 6) is 1.29. The monoisotopic (exact) mass is 485 g/mol. The third kappa shape index (κ3) is 6.49. The van der Waals surface area contributed by atoms with Gasteiger partial charge in [0.25, 0.3) is 5.91 Å². The molecule has 180 valence electrons. The van der Waals surface area contributed by atoms with E-state index in [0.717, 1.165) is 5.75 Å². The molecule has 1 atom stereocenters. The summed E-state index contributed by atoms with van der Waals surface area (Å²) in [6.45, 7) is 2.11. The molecular weight excluding hydrogens is 458 g/mol. The van der Waals surface area contributed by atoms with Crippen molar-refractivity contribution < 1.29 is 24.2 Å². The molecule has 10 nitrogen and oxygen atoms in total. The molecule has 0 aliphatic rings. The van der Waals surface area contributed by atoms with Gasteiger partial charge in [-0.1, -0.05) is 11.8 Å². The molecule has 1 unspecified atom stereocenters. The molecule has 3 rings (SSSR count). The molecule has 2 amide bonds. The second-order valence-electron chi connectivity index (χ2n) is 7.13. The van der Waals surface area contributed by atoms with E-state index in [1.807, 2.05) is 6.92 Å². The lowest BCUT2D eigenvalue weighted by Crippen LogP contribution is -2.32. The van der Waals surface area contributed by atoms with Crippen LogP contribution < -0.4 is 20.1 Å². The molecule has 0 bridgehead atoms. The lowest BCUT2D eigenvalue weighted by molar-refractivity contribution is -0.113. The van der Waals surface area contributed by atoms with Crippen LogP contribution in [0.3, 0.4) is 0 Å². The van der Waals surface area contributed by atoms with Crippen molar-refractivity contribution in [2.24, 2.45) is 7.05 Å². The van der Waals surface area contributed by atoms with Gasteiger partial charge in [-0.3, -0.25) is 9.59 Å². The summed E-state index contributed by atoms with van der Waals surface area (Å²) in [4.78, 5) is 24.9. The number of aliphatic hydroxyl groups is 1. The maximum absolute atomic E-state index is 12.6. The Balaban J connectivity index is 1.57. The van der Waals surface area contributed by atoms with Crippen LogP contribution >= 0.6 is 11.8 Å². The van der Waals surface area contributed by atoms with Crippen LogP contribution in [-0.4, -0.2) is 57.8 Å². The van der Waals surface area contributed by atoms with Crippen LogP contribution in [0.5, 0.6) is 11.5 Å². The van der Waals surface area contributed by atoms with Gasteiger partial charge in [0.05, 0.1) is 26.1 Å². The Morgan fingerprint density at radius 3 is 2.38 bits per heavy atom. The van der Waals surface area contributed by atoms with E-state index in [1.54, 1.807) is 67.3 Å². The number of aromatic nitrogens is 3. The first-order valence-corrected chi connectivity index (χ1v) is 11.5. The molecule has 0 radical (unpaired) electrons. The zero-order valence-corrected chi connectivity index (χ0v) is 20.0. The lowest BCUT2D eigenvalue weighted by atomic mass is 10.2. The van der Waals surface area contributed by atoms with Crippen molar-refractivity contribution in [3.8, 4) is 11.5 Å². The summed E-state index contributed by atoms with van der Waals surface area (Å²) in [5, 5.41) is 24.1. The number of anilines is 1. The molecule has 0 saturated carbocycles. The van der Waals surface area contributed by atoms with E-state index < -0.39 is 6.04 Å². The topological polar surface area (TPSA) is 128 Å². The van der Waals surface area contributed by atoms with Crippen LogP contribution in [0.25, 0.3) is 0 Å². The van der Waals surface area contributed by atoms with Crippen LogP contribution in [0.1, 0.15) is 29.1 Å². The molecule has 1 heterocycles. The smallest absolute Gasteiger partial charge is 0.251 e. The first kappa shape index (κ1) is 25.1. The number of rotatable bonds is 11. The molecular formula is C23H27N5O5S. The number of thioether (sulfide) groups is 1. The average Bonchev–Trinajstić information content (AvgIpc) is 3.22. The highest BCUT2D eigenvalue weighted by Crippen LogP contribution is 2.21. The third-order valence-corrected chi connectivity index (χ3v) is 5.82. The second-order valence-corrected chi connectivity index (χ2v) is 8.07. The summed E-state index contributed by atoms with van der Waals surface area (Å²) in [6, 6.07) is 13.0. The van der Waals surface area contributed by atoms with Gasteiger partial charge in [-0.25, -0.2) is 0 Å². The van der Waals surface area contributed by atoms with E-state index in [2.05, 4.69) is 20.8 Å². The molecule has 1 aromatic heterocycles. The molecule has 3 N–H and O–H groups in total. The number of benzene rings is 2. The minimum atomic E-state index is -0.765. The van der Waals surface area contributed by atoms with Gasteiger partial charge >= 0.3 is 0 Å². The van der Waals surface area contributed by atoms with E-state index >= 15 is 0 Å². The SMILES string of the molecule is CCOc1ccc(NC(=O)CSc2nnc(C(CO)NC(=O)c3ccc(OC)cc3)n2C)cc1. The maximum Gasteiger partial charge on any atom is 0.251 e. The zero-order chi connectivity index (χ0) is 24.5. The predicted molar refractivity (Wildman–Crippen MR) is 128 cm³/mol. The molecule has 34 heavy (non-hydrogen) atoms. The Labute approximate surface area is 201 Å². The molecule has 0 fully saturated rings. The van der Waals surface area contributed by atoms with Crippen LogP contribution in [0, 0.1) is 0 Å². The quantitative estimate of drug-likeness (QED) is 0.353. The van der Waals surface area contributed by atoms with Crippen molar-refractivity contribution in [2.75, 3.05) is 31.4 Å². The number of hydrogen-bond acceptors (Lipinski definition) is 8. The highest BCUT2D eigenvalue weighted by Gasteiger charge is 2.22. The van der Waals surface area contributed by atoms with Crippen molar-refractivity contribution in [3.63, 3.8) is 0 Å². The normalized spacial score (nSPS) is 11.5. The van der Waals surface area contributed by atoms with Gasteiger partial charge in [0, 0.05) is 18.3 Å². The van der Waals surface area contributed by atoms with Gasteiger partial charge in [0.2, 0.25) is 5.91 Å². The predicted octanol–water partition coefficient (Wildman–Crippen LogP) is 2.42. The number of ether oxygens (including phenoxy) is 2. The lowest BCUT2D eigenvalue weighted by Gasteiger charge is -2.16. The van der Waals surface area contributed by atoms with E-state index in [-0.39, 0.29) is 24.2 Å². The van der Waals surface area contributed by atoms with Crippen molar-refractivity contribution in [1.82, 2.24) is 20.1 Å². The number of carbonyl (C=O) groups excluding carboxylic acids is 2. The van der Waals surface area contributed by atoms with E-state index in [0.29, 0.717) is 34.6 Å². The van der Waals surface area contributed by atoms with E-state index in [9.17, 15) is 14.7 Å². The Hall–Kier alpha value is -3.57. The third-order valence-electron chi connectivity index (χ3n) is 4.80. The minimum Gasteiger partial charge on any atom is -0.497 e. The fourth-order valence-corrected chi connectivity index (χ4v) is 3.78. The van der Waals surface area contributed by atoms with Crippen LogP contribution in [0.15, 0.2) is 53.7 Å². The Kier molecular flexibility index (Phi) is 8.88. The molecule has 3 aromatic rings. The summed E-state index contributed by atoms with van der Waals surface area (Å²) in [6.07, 6.45) is 0. The van der Waals surface area contributed by atoms with Gasteiger partial charge in [-0.05, 0) is 55.5 Å². The summed E-state index contributed by atoms with van der Waals surface area (Å²) in [7, 11) is 3.26. The Bertz CT molecular complexity index is 1100. The van der Waals surface area contributed by atoms with Crippen LogP contribution in [-0.2, 0) is 11.8 Å². The van der Waals surface area contributed by atoms with Gasteiger partial charge < -0.3 is 29.8 Å². The number of amides is 2. The van der Waals surface area contributed by atoms with Crippen molar-refractivity contribution in [1.29, 1.82) is 0 Å². The van der Waals surface area contributed by atoms with Crippen molar-refractivity contribution in [2.45, 2.75) is 18.1 Å². The average molecular weight is 486 g/mol. The number of carbonyl (C=O) groups is 2. The number of methoxy groups -OCH3 is 1. The zero-order valence-electron chi connectivity index (χ0n) is 19.1. The van der Waals surface area contributed by atoms with Crippen molar-refractivity contribution in [3.05, 3.63) is 59.9 Å². The second kappa shape index (κ2) is 12.1. The number of hydrogen-bond donors (Lipinski definition) is 3. The van der Waals surface area contributed by atoms with Crippen molar-refractivity contribution >= 4 is 29.3 Å². The minimum absolute atomic E-state index is 0.112. The molecule has 0 aliphatic heterocycles. The maximum atomic E-state index is 12.6. The number of nitrogens with one attached hydrogen (secondary N) is 2. The van der Waals surface area contributed by atoms with E-state index in [1.165, 1.54) is 11.8 Å². The fraction of sp³-hybridized carbons (Fsp3) is 0.304. The van der Waals surface area contributed by atoms with Gasteiger partial charge in [-0.15, -0.1) is 10.2 Å². The van der Waals surface area contributed by atoms with Gasteiger partial charge in [-0.2, -0.15) is 0 Å².